The SMILES string of the molecule is NC1=N[C@@](c2cc(CC(=O)C3CC3)ccc2F)(C(F)F)[C@H]2C[C@H]2O1. The zero-order valence-corrected chi connectivity index (χ0v) is 12.8. The predicted molar refractivity (Wildman–Crippen MR) is 80.1 cm³/mol. The number of rotatable bonds is 5. The van der Waals surface area contributed by atoms with Gasteiger partial charge in [-0.1, -0.05) is 6.07 Å². The molecule has 3 aliphatic rings. The van der Waals surface area contributed by atoms with Crippen LogP contribution in [0.15, 0.2) is 23.2 Å². The molecule has 0 radical (unpaired) electrons. The highest BCUT2D eigenvalue weighted by atomic mass is 19.3. The molecule has 2 aliphatic carbocycles. The summed E-state index contributed by atoms with van der Waals surface area (Å²) in [6, 6.07) is 3.61. The molecule has 24 heavy (non-hydrogen) atoms. The van der Waals surface area contributed by atoms with Crippen LogP contribution < -0.4 is 5.73 Å². The molecule has 1 aliphatic heterocycles. The Hall–Kier alpha value is -2.05. The van der Waals surface area contributed by atoms with Crippen LogP contribution in [0.3, 0.4) is 0 Å². The highest BCUT2D eigenvalue weighted by molar-refractivity contribution is 5.85. The van der Waals surface area contributed by atoms with E-state index < -0.39 is 29.8 Å². The van der Waals surface area contributed by atoms with Crippen molar-refractivity contribution in [3.05, 3.63) is 35.1 Å². The number of alkyl halides is 2. The lowest BCUT2D eigenvalue weighted by molar-refractivity contribution is -0.119. The summed E-state index contributed by atoms with van der Waals surface area (Å²) >= 11 is 0. The number of benzene rings is 1. The summed E-state index contributed by atoms with van der Waals surface area (Å²) < 4.78 is 47.5. The van der Waals surface area contributed by atoms with Crippen LogP contribution in [0.4, 0.5) is 13.2 Å². The molecule has 0 saturated heterocycles. The number of carbonyl (C=O) groups is 1. The number of halogens is 3. The highest BCUT2D eigenvalue weighted by Gasteiger charge is 2.64. The standard InChI is InChI=1S/C17H17F3N2O2/c18-12-4-1-8(6-13(23)9-2-3-9)5-10(12)17(15(19)20)11-7-14(11)24-16(21)22-17/h1,4-5,9,11,14-15H,2-3,6-7H2,(H2,21,22)/t11-,14+,17+/m0/s1. The summed E-state index contributed by atoms with van der Waals surface area (Å²) in [4.78, 5) is 15.8. The smallest absolute Gasteiger partial charge is 0.283 e. The fourth-order valence-corrected chi connectivity index (χ4v) is 3.54. The van der Waals surface area contributed by atoms with E-state index in [9.17, 15) is 18.0 Å². The van der Waals surface area contributed by atoms with Crippen molar-refractivity contribution in [1.29, 1.82) is 0 Å². The van der Waals surface area contributed by atoms with Crippen LogP contribution in [0, 0.1) is 17.7 Å². The van der Waals surface area contributed by atoms with E-state index in [1.807, 2.05) is 0 Å². The Kier molecular flexibility index (Phi) is 3.37. The predicted octanol–water partition coefficient (Wildman–Crippen LogP) is 2.54. The van der Waals surface area contributed by atoms with Crippen LogP contribution in [0.25, 0.3) is 0 Å². The second kappa shape index (κ2) is 5.22. The third kappa shape index (κ3) is 2.37. The number of fused-ring (bicyclic) bond motifs is 1. The molecule has 2 fully saturated rings. The van der Waals surface area contributed by atoms with Gasteiger partial charge in [0, 0.05) is 23.8 Å². The van der Waals surface area contributed by atoms with Gasteiger partial charge in [0.2, 0.25) is 0 Å². The summed E-state index contributed by atoms with van der Waals surface area (Å²) in [7, 11) is 0. The van der Waals surface area contributed by atoms with E-state index in [2.05, 4.69) is 4.99 Å². The first-order valence-electron chi connectivity index (χ1n) is 8.03. The first-order chi connectivity index (χ1) is 11.4. The summed E-state index contributed by atoms with van der Waals surface area (Å²) in [6.45, 7) is 0. The van der Waals surface area contributed by atoms with Crippen LogP contribution in [-0.2, 0) is 21.5 Å². The number of aliphatic imine (C=N–C) groups is 1. The molecule has 4 rings (SSSR count). The van der Waals surface area contributed by atoms with Crippen molar-refractivity contribution in [1.82, 2.24) is 0 Å². The van der Waals surface area contributed by atoms with Gasteiger partial charge in [-0.25, -0.2) is 18.2 Å². The third-order valence-corrected chi connectivity index (χ3v) is 5.07. The normalized spacial score (nSPS) is 31.2. The lowest BCUT2D eigenvalue weighted by Crippen LogP contribution is -2.43. The van der Waals surface area contributed by atoms with Gasteiger partial charge in [0.25, 0.3) is 12.4 Å². The molecule has 1 aromatic rings. The Bertz CT molecular complexity index is 733. The van der Waals surface area contributed by atoms with Gasteiger partial charge in [-0.05, 0) is 37.0 Å². The van der Waals surface area contributed by atoms with Gasteiger partial charge in [0.05, 0.1) is 0 Å². The molecule has 4 nitrogen and oxygen atoms in total. The average Bonchev–Trinajstić information content (AvgIpc) is 3.40. The van der Waals surface area contributed by atoms with Gasteiger partial charge in [0.1, 0.15) is 17.7 Å². The summed E-state index contributed by atoms with van der Waals surface area (Å²) in [6.07, 6.45) is -1.14. The monoisotopic (exact) mass is 338 g/mol. The molecule has 128 valence electrons. The zero-order valence-electron chi connectivity index (χ0n) is 12.8. The first-order valence-corrected chi connectivity index (χ1v) is 8.03. The van der Waals surface area contributed by atoms with E-state index in [1.54, 1.807) is 0 Å². The van der Waals surface area contributed by atoms with Crippen molar-refractivity contribution in [3.63, 3.8) is 0 Å². The van der Waals surface area contributed by atoms with Gasteiger partial charge in [-0.15, -0.1) is 0 Å². The zero-order chi connectivity index (χ0) is 17.1. The number of carbonyl (C=O) groups excluding carboxylic acids is 1. The topological polar surface area (TPSA) is 64.7 Å². The number of hydrogen-bond donors (Lipinski definition) is 1. The van der Waals surface area contributed by atoms with Crippen LogP contribution in [0.1, 0.15) is 30.4 Å². The third-order valence-electron chi connectivity index (χ3n) is 5.07. The number of nitrogens with two attached hydrogens (primary N) is 1. The first kappa shape index (κ1) is 15.5. The van der Waals surface area contributed by atoms with Crippen molar-refractivity contribution in [2.24, 2.45) is 22.6 Å². The van der Waals surface area contributed by atoms with E-state index in [1.165, 1.54) is 12.1 Å². The van der Waals surface area contributed by atoms with E-state index in [0.29, 0.717) is 12.0 Å². The second-order valence-corrected chi connectivity index (χ2v) is 6.81. The van der Waals surface area contributed by atoms with E-state index >= 15 is 0 Å². The van der Waals surface area contributed by atoms with Crippen LogP contribution in [0.5, 0.6) is 0 Å². The van der Waals surface area contributed by atoms with Gasteiger partial charge >= 0.3 is 0 Å². The van der Waals surface area contributed by atoms with Gasteiger partial charge in [0.15, 0.2) is 5.54 Å². The molecular formula is C17H17F3N2O2. The van der Waals surface area contributed by atoms with E-state index in [-0.39, 0.29) is 29.7 Å². The molecule has 0 aromatic heterocycles. The molecule has 1 aromatic carbocycles. The fraction of sp³-hybridized carbons (Fsp3) is 0.529. The molecule has 2 saturated carbocycles. The Morgan fingerprint density at radius 2 is 2.17 bits per heavy atom. The Morgan fingerprint density at radius 1 is 1.42 bits per heavy atom. The van der Waals surface area contributed by atoms with Crippen molar-refractivity contribution in [2.45, 2.75) is 43.8 Å². The molecule has 3 atom stereocenters. The lowest BCUT2D eigenvalue weighted by atomic mass is 9.83. The minimum absolute atomic E-state index is 0.0621. The number of ether oxygens (including phenoxy) is 1. The molecule has 0 amide bonds. The molecule has 0 bridgehead atoms. The lowest BCUT2D eigenvalue weighted by Gasteiger charge is -2.33. The average molecular weight is 338 g/mol. The molecule has 7 heteroatoms. The number of ketones is 1. The maximum Gasteiger partial charge on any atom is 0.283 e. The maximum atomic E-state index is 14.4. The quantitative estimate of drug-likeness (QED) is 0.897. The van der Waals surface area contributed by atoms with Crippen molar-refractivity contribution >= 4 is 11.8 Å². The second-order valence-electron chi connectivity index (χ2n) is 6.81. The summed E-state index contributed by atoms with van der Waals surface area (Å²) in [5.74, 6) is -1.24. The molecule has 0 unspecified atom stereocenters. The number of amidine groups is 1. The summed E-state index contributed by atoms with van der Waals surface area (Å²) in [5.41, 5.74) is 3.84. The highest BCUT2D eigenvalue weighted by Crippen LogP contribution is 2.56. The minimum atomic E-state index is -2.92. The molecule has 2 N–H and O–H groups in total. The van der Waals surface area contributed by atoms with Gasteiger partial charge in [-0.3, -0.25) is 4.79 Å². The Morgan fingerprint density at radius 3 is 2.83 bits per heavy atom. The minimum Gasteiger partial charge on any atom is -0.462 e. The Balaban J connectivity index is 1.75. The molecule has 0 spiro atoms. The maximum absolute atomic E-state index is 14.4. The van der Waals surface area contributed by atoms with Crippen LogP contribution >= 0.6 is 0 Å². The van der Waals surface area contributed by atoms with Crippen molar-refractivity contribution < 1.29 is 22.7 Å². The number of nitrogens with zero attached hydrogens (tertiary/aromatic N) is 1. The Labute approximate surface area is 136 Å². The van der Waals surface area contributed by atoms with Crippen LogP contribution in [-0.4, -0.2) is 24.3 Å². The van der Waals surface area contributed by atoms with Gasteiger partial charge < -0.3 is 10.5 Å². The number of hydrogen-bond acceptors (Lipinski definition) is 4. The van der Waals surface area contributed by atoms with E-state index in [0.717, 1.165) is 18.9 Å². The molecule has 1 heterocycles. The van der Waals surface area contributed by atoms with E-state index in [4.69, 9.17) is 10.5 Å². The largest absolute Gasteiger partial charge is 0.462 e. The fourth-order valence-electron chi connectivity index (χ4n) is 3.54. The van der Waals surface area contributed by atoms with Crippen molar-refractivity contribution in [2.75, 3.05) is 0 Å². The van der Waals surface area contributed by atoms with Crippen molar-refractivity contribution in [3.8, 4) is 0 Å². The summed E-state index contributed by atoms with van der Waals surface area (Å²) in [5, 5.41) is 0. The van der Waals surface area contributed by atoms with Crippen LogP contribution in [0.2, 0.25) is 0 Å². The number of Topliss-reactive ketones (excluding diaryl/α,β-unsaturated/α-hetero) is 1. The molecular weight excluding hydrogens is 321 g/mol. The van der Waals surface area contributed by atoms with Gasteiger partial charge in [-0.2, -0.15) is 0 Å².